The van der Waals surface area contributed by atoms with E-state index < -0.39 is 6.29 Å². The number of aromatic nitrogens is 2. The first-order valence-electron chi connectivity index (χ1n) is 12.3. The number of allylic oxidation sites excluding steroid dienone is 1. The van der Waals surface area contributed by atoms with Gasteiger partial charge in [-0.1, -0.05) is 12.1 Å². The minimum Gasteiger partial charge on any atom is -0.459 e. The molecular formula is C26H31N3O5S. The van der Waals surface area contributed by atoms with E-state index in [1.165, 1.54) is 0 Å². The minimum atomic E-state index is -0.495. The Labute approximate surface area is 207 Å². The Morgan fingerprint density at radius 1 is 1.20 bits per heavy atom. The van der Waals surface area contributed by atoms with Crippen molar-refractivity contribution in [3.63, 3.8) is 0 Å². The average Bonchev–Trinajstić information content (AvgIpc) is 3.54. The molecule has 1 fully saturated rings. The third kappa shape index (κ3) is 5.22. The van der Waals surface area contributed by atoms with Crippen molar-refractivity contribution in [3.8, 4) is 0 Å². The Hall–Kier alpha value is -2.88. The zero-order valence-electron chi connectivity index (χ0n) is 19.6. The van der Waals surface area contributed by atoms with Crippen LogP contribution in [0.25, 0.3) is 11.0 Å². The van der Waals surface area contributed by atoms with Crippen molar-refractivity contribution in [1.29, 1.82) is 0 Å². The third-order valence-electron chi connectivity index (χ3n) is 6.84. The quantitative estimate of drug-likeness (QED) is 0.462. The van der Waals surface area contributed by atoms with Gasteiger partial charge in [0.1, 0.15) is 0 Å². The predicted octanol–water partition coefficient (Wildman–Crippen LogP) is 3.76. The van der Waals surface area contributed by atoms with Gasteiger partial charge in [0, 0.05) is 38.1 Å². The molecule has 0 radical (unpaired) electrons. The number of imidazole rings is 1. The van der Waals surface area contributed by atoms with E-state index in [0.717, 1.165) is 23.0 Å². The largest absolute Gasteiger partial charge is 0.459 e. The molecule has 0 aliphatic carbocycles. The number of piperidine rings is 1. The fourth-order valence-corrected chi connectivity index (χ4v) is 5.70. The number of aliphatic hydroxyl groups is 1. The van der Waals surface area contributed by atoms with E-state index in [2.05, 4.69) is 16.4 Å². The number of nitrogens with one attached hydrogen (secondary N) is 1. The summed E-state index contributed by atoms with van der Waals surface area (Å²) in [7, 11) is 0. The Bertz CT molecular complexity index is 1220. The van der Waals surface area contributed by atoms with Crippen molar-refractivity contribution in [2.24, 2.45) is 0 Å². The molecule has 0 spiro atoms. The number of benzene rings is 1. The number of hydrogen-bond acceptors (Lipinski definition) is 6. The topological polar surface area (TPSA) is 96.8 Å². The molecule has 0 saturated carbocycles. The Balaban J connectivity index is 1.27. The number of ether oxygens (including phenoxy) is 2. The third-order valence-corrected chi connectivity index (χ3v) is 7.54. The first-order chi connectivity index (χ1) is 17.1. The van der Waals surface area contributed by atoms with Gasteiger partial charge in [0.25, 0.3) is 5.91 Å². The summed E-state index contributed by atoms with van der Waals surface area (Å²) in [6.07, 6.45) is 4.91. The molecule has 1 saturated heterocycles. The molecule has 35 heavy (non-hydrogen) atoms. The summed E-state index contributed by atoms with van der Waals surface area (Å²) in [5.74, 6) is 0.264. The maximum atomic E-state index is 13.4. The highest BCUT2D eigenvalue weighted by atomic mass is 32.1. The van der Waals surface area contributed by atoms with Gasteiger partial charge in [-0.25, -0.2) is 4.79 Å². The molecule has 8 nitrogen and oxygen atoms in total. The van der Waals surface area contributed by atoms with Gasteiger partial charge in [-0.05, 0) is 66.3 Å². The smallest absolute Gasteiger partial charge is 0.326 e. The summed E-state index contributed by atoms with van der Waals surface area (Å²) >= 11 is 1.63. The van der Waals surface area contributed by atoms with E-state index in [1.807, 2.05) is 45.2 Å². The second kappa shape index (κ2) is 10.8. The van der Waals surface area contributed by atoms with Crippen molar-refractivity contribution in [1.82, 2.24) is 14.5 Å². The number of unbranched alkanes of at least 4 members (excludes halogenated alkanes) is 1. The van der Waals surface area contributed by atoms with Gasteiger partial charge in [0.15, 0.2) is 5.76 Å². The maximum Gasteiger partial charge on any atom is 0.326 e. The summed E-state index contributed by atoms with van der Waals surface area (Å²) < 4.78 is 13.8. The van der Waals surface area contributed by atoms with Crippen molar-refractivity contribution in [2.45, 2.75) is 50.4 Å². The highest BCUT2D eigenvalue weighted by Crippen LogP contribution is 2.34. The number of amides is 1. The van der Waals surface area contributed by atoms with E-state index in [0.29, 0.717) is 51.1 Å². The lowest BCUT2D eigenvalue weighted by atomic mass is 9.95. The van der Waals surface area contributed by atoms with Crippen molar-refractivity contribution < 1.29 is 19.4 Å². The van der Waals surface area contributed by atoms with Crippen LogP contribution in [-0.4, -0.2) is 58.1 Å². The summed E-state index contributed by atoms with van der Waals surface area (Å²) in [5.41, 5.74) is 2.79. The molecule has 2 unspecified atom stereocenters. The summed E-state index contributed by atoms with van der Waals surface area (Å²) in [4.78, 5) is 30.8. The summed E-state index contributed by atoms with van der Waals surface area (Å²) in [6, 6.07) is 9.83. The van der Waals surface area contributed by atoms with Crippen molar-refractivity contribution in [2.75, 3.05) is 26.3 Å². The first-order valence-corrected chi connectivity index (χ1v) is 13.2. The fourth-order valence-electron chi connectivity index (χ4n) is 4.98. The molecule has 0 bridgehead atoms. The molecule has 186 valence electrons. The van der Waals surface area contributed by atoms with Gasteiger partial charge in [0.2, 0.25) is 6.29 Å². The molecule has 2 aromatic heterocycles. The Kier molecular flexibility index (Phi) is 7.36. The second-order valence-corrected chi connectivity index (χ2v) is 9.90. The number of aliphatic hydroxyl groups excluding tert-OH is 1. The zero-order valence-corrected chi connectivity index (χ0v) is 20.4. The number of thiophene rings is 1. The molecular weight excluding hydrogens is 466 g/mol. The molecule has 5 rings (SSSR count). The predicted molar refractivity (Wildman–Crippen MR) is 134 cm³/mol. The van der Waals surface area contributed by atoms with Crippen molar-refractivity contribution in [3.05, 3.63) is 69.0 Å². The van der Waals surface area contributed by atoms with E-state index in [4.69, 9.17) is 14.6 Å². The van der Waals surface area contributed by atoms with E-state index >= 15 is 0 Å². The fraction of sp³-hybridized carbons (Fsp3) is 0.462. The lowest BCUT2D eigenvalue weighted by Crippen LogP contribution is -2.42. The van der Waals surface area contributed by atoms with Crippen LogP contribution in [0.2, 0.25) is 0 Å². The number of para-hydroxylation sites is 2. The van der Waals surface area contributed by atoms with Crippen LogP contribution < -0.4 is 5.69 Å². The maximum absolute atomic E-state index is 13.4. The molecule has 2 aliphatic heterocycles. The molecule has 2 atom stereocenters. The SMILES string of the molecule is O=C(C1=CC(c2ccsc2)CC(OCCCCO)O1)N1CCC(n2c(=O)[nH]c3ccccc32)CC1. The molecule has 2 aliphatic rings. The van der Waals surface area contributed by atoms with Crippen LogP contribution in [0.1, 0.15) is 49.6 Å². The van der Waals surface area contributed by atoms with Crippen molar-refractivity contribution >= 4 is 28.3 Å². The zero-order chi connectivity index (χ0) is 24.2. The number of likely N-dealkylation sites (tertiary alicyclic amines) is 1. The lowest BCUT2D eigenvalue weighted by molar-refractivity contribution is -0.153. The molecule has 1 aromatic carbocycles. The van der Waals surface area contributed by atoms with Gasteiger partial charge in [-0.3, -0.25) is 9.36 Å². The number of H-pyrrole nitrogens is 1. The molecule has 9 heteroatoms. The first kappa shape index (κ1) is 23.8. The van der Waals surface area contributed by atoms with Gasteiger partial charge in [-0.15, -0.1) is 0 Å². The molecule has 2 N–H and O–H groups in total. The lowest BCUT2D eigenvalue weighted by Gasteiger charge is -2.35. The van der Waals surface area contributed by atoms with E-state index in [-0.39, 0.29) is 30.2 Å². The standard InChI is InChI=1S/C26H31N3O5S/c30-12-3-4-13-33-24-16-19(18-9-14-35-17-18)15-23(34-24)25(31)28-10-7-20(8-11-28)29-22-6-2-1-5-21(22)27-26(29)32/h1-2,5-6,9,14-15,17,19-20,24,30H,3-4,7-8,10-13,16H2,(H,27,32). The minimum absolute atomic E-state index is 0.0464. The number of carbonyl (C=O) groups is 1. The van der Waals surface area contributed by atoms with Gasteiger partial charge >= 0.3 is 5.69 Å². The number of carbonyl (C=O) groups excluding carboxylic acids is 1. The molecule has 4 heterocycles. The number of fused-ring (bicyclic) bond motifs is 1. The van der Waals surface area contributed by atoms with Crippen LogP contribution in [0.3, 0.4) is 0 Å². The molecule has 1 amide bonds. The van der Waals surface area contributed by atoms with Gasteiger partial charge in [-0.2, -0.15) is 11.3 Å². The monoisotopic (exact) mass is 497 g/mol. The van der Waals surface area contributed by atoms with Crippen LogP contribution >= 0.6 is 11.3 Å². The number of nitrogens with zero attached hydrogens (tertiary/aromatic N) is 2. The Morgan fingerprint density at radius 3 is 2.80 bits per heavy atom. The van der Waals surface area contributed by atoms with E-state index in [9.17, 15) is 9.59 Å². The van der Waals surface area contributed by atoms with Crippen LogP contribution in [0.15, 0.2) is 57.7 Å². The van der Waals surface area contributed by atoms with Crippen LogP contribution in [0, 0.1) is 0 Å². The highest BCUT2D eigenvalue weighted by Gasteiger charge is 2.33. The van der Waals surface area contributed by atoms with E-state index in [1.54, 1.807) is 11.3 Å². The van der Waals surface area contributed by atoms with Crippen LogP contribution in [0.4, 0.5) is 0 Å². The van der Waals surface area contributed by atoms with Crippen LogP contribution in [0.5, 0.6) is 0 Å². The normalized spacial score (nSPS) is 21.2. The Morgan fingerprint density at radius 2 is 2.03 bits per heavy atom. The second-order valence-electron chi connectivity index (χ2n) is 9.12. The number of rotatable bonds is 8. The molecule has 3 aromatic rings. The number of aromatic amines is 1. The number of hydrogen-bond donors (Lipinski definition) is 2. The van der Waals surface area contributed by atoms with Gasteiger partial charge < -0.3 is 24.5 Å². The van der Waals surface area contributed by atoms with Crippen LogP contribution in [-0.2, 0) is 14.3 Å². The summed E-state index contributed by atoms with van der Waals surface area (Å²) in [6.45, 7) is 1.73. The highest BCUT2D eigenvalue weighted by molar-refractivity contribution is 7.08. The average molecular weight is 498 g/mol. The summed E-state index contributed by atoms with van der Waals surface area (Å²) in [5, 5.41) is 13.1. The van der Waals surface area contributed by atoms with Gasteiger partial charge in [0.05, 0.1) is 17.6 Å².